The second kappa shape index (κ2) is 8.71. The van der Waals surface area contributed by atoms with Gasteiger partial charge in [0, 0.05) is 41.0 Å². The molecular weight excluding hydrogens is 426 g/mol. The highest BCUT2D eigenvalue weighted by Crippen LogP contribution is 2.44. The molecule has 0 radical (unpaired) electrons. The first-order chi connectivity index (χ1) is 15.6. The van der Waals surface area contributed by atoms with Crippen LogP contribution in [0.15, 0.2) is 47.0 Å². The lowest BCUT2D eigenvalue weighted by atomic mass is 10.1. The van der Waals surface area contributed by atoms with E-state index in [4.69, 9.17) is 20.2 Å². The molecule has 32 heavy (non-hydrogen) atoms. The first-order valence-corrected chi connectivity index (χ1v) is 11.4. The average molecular weight is 452 g/mol. The fourth-order valence-electron chi connectivity index (χ4n) is 3.66. The van der Waals surface area contributed by atoms with Crippen molar-refractivity contribution >= 4 is 28.7 Å². The Balaban J connectivity index is 1.54. The summed E-state index contributed by atoms with van der Waals surface area (Å²) in [4.78, 5) is 17.5. The normalized spacial score (nSPS) is 12.8. The number of hydrogen-bond donors (Lipinski definition) is 3. The predicted molar refractivity (Wildman–Crippen MR) is 124 cm³/mol. The monoisotopic (exact) mass is 451 g/mol. The maximum Gasteiger partial charge on any atom is 0.231 e. The molecule has 166 valence electrons. The van der Waals surface area contributed by atoms with Gasteiger partial charge < -0.3 is 30.1 Å². The van der Waals surface area contributed by atoms with Gasteiger partial charge in [0.15, 0.2) is 33.6 Å². The van der Waals surface area contributed by atoms with E-state index in [-0.39, 0.29) is 6.79 Å². The van der Waals surface area contributed by atoms with Crippen molar-refractivity contribution < 1.29 is 9.47 Å². The van der Waals surface area contributed by atoms with Gasteiger partial charge in [0.05, 0.1) is 0 Å². The molecule has 4 N–H and O–H groups in total. The Kier molecular flexibility index (Phi) is 5.62. The summed E-state index contributed by atoms with van der Waals surface area (Å²) in [5.74, 6) is 1.86. The molecule has 0 spiro atoms. The Morgan fingerprint density at radius 2 is 2.09 bits per heavy atom. The number of hydrogen-bond acceptors (Lipinski definition) is 8. The van der Waals surface area contributed by atoms with Gasteiger partial charge in [-0.05, 0) is 31.2 Å². The predicted octanol–water partition coefficient (Wildman–Crippen LogP) is 3.67. The SMILES string of the molecule is CC(C)NCCCn1c(Sc2cc3c(cc2-c2cc[nH]c2)OCO3)nc2c(N)ncnc21. The van der Waals surface area contributed by atoms with Crippen LogP contribution in [-0.4, -0.2) is 43.9 Å². The van der Waals surface area contributed by atoms with E-state index in [1.54, 1.807) is 11.8 Å². The van der Waals surface area contributed by atoms with E-state index >= 15 is 0 Å². The highest BCUT2D eigenvalue weighted by atomic mass is 32.2. The lowest BCUT2D eigenvalue weighted by Gasteiger charge is -2.12. The number of aromatic nitrogens is 5. The highest BCUT2D eigenvalue weighted by Gasteiger charge is 2.22. The number of aryl methyl sites for hydroxylation is 1. The topological polar surface area (TPSA) is 116 Å². The van der Waals surface area contributed by atoms with Gasteiger partial charge >= 0.3 is 0 Å². The number of aromatic amines is 1. The number of nitrogens with one attached hydrogen (secondary N) is 2. The fraction of sp³-hybridized carbons (Fsp3) is 0.318. The Hall–Kier alpha value is -3.24. The van der Waals surface area contributed by atoms with Gasteiger partial charge in [-0.2, -0.15) is 0 Å². The molecule has 4 aromatic rings. The van der Waals surface area contributed by atoms with Crippen LogP contribution < -0.4 is 20.5 Å². The molecule has 4 heterocycles. The molecule has 0 saturated heterocycles. The first-order valence-electron chi connectivity index (χ1n) is 10.5. The number of rotatable bonds is 8. The number of ether oxygens (including phenoxy) is 2. The van der Waals surface area contributed by atoms with Gasteiger partial charge in [0.1, 0.15) is 6.33 Å². The van der Waals surface area contributed by atoms with Crippen LogP contribution in [0.4, 0.5) is 5.82 Å². The van der Waals surface area contributed by atoms with Crippen molar-refractivity contribution in [3.05, 3.63) is 36.9 Å². The van der Waals surface area contributed by atoms with Crippen molar-refractivity contribution in [2.75, 3.05) is 19.1 Å². The van der Waals surface area contributed by atoms with Crippen LogP contribution in [0.3, 0.4) is 0 Å². The third-order valence-electron chi connectivity index (χ3n) is 5.22. The van der Waals surface area contributed by atoms with E-state index in [2.05, 4.69) is 38.7 Å². The minimum atomic E-state index is 0.226. The number of fused-ring (bicyclic) bond motifs is 2. The number of imidazole rings is 1. The number of nitrogens with zero attached hydrogens (tertiary/aromatic N) is 4. The summed E-state index contributed by atoms with van der Waals surface area (Å²) in [7, 11) is 0. The molecule has 1 aliphatic heterocycles. The second-order valence-corrected chi connectivity index (χ2v) is 8.85. The summed E-state index contributed by atoms with van der Waals surface area (Å²) < 4.78 is 13.4. The van der Waals surface area contributed by atoms with Crippen molar-refractivity contribution in [2.45, 2.75) is 42.9 Å². The molecule has 3 aromatic heterocycles. The van der Waals surface area contributed by atoms with Crippen LogP contribution in [0.2, 0.25) is 0 Å². The molecule has 0 unspecified atom stereocenters. The van der Waals surface area contributed by atoms with E-state index in [9.17, 15) is 0 Å². The van der Waals surface area contributed by atoms with E-state index in [1.165, 1.54) is 6.33 Å². The zero-order valence-electron chi connectivity index (χ0n) is 18.0. The first kappa shape index (κ1) is 20.7. The molecule has 10 heteroatoms. The Labute approximate surface area is 189 Å². The Morgan fingerprint density at radius 3 is 2.88 bits per heavy atom. The van der Waals surface area contributed by atoms with Gasteiger partial charge in [0.25, 0.3) is 0 Å². The molecule has 0 saturated carbocycles. The summed E-state index contributed by atoms with van der Waals surface area (Å²) in [5, 5.41) is 4.27. The number of benzene rings is 1. The third-order valence-corrected chi connectivity index (χ3v) is 6.27. The number of H-pyrrole nitrogens is 1. The fourth-order valence-corrected chi connectivity index (χ4v) is 4.74. The molecule has 5 rings (SSSR count). The molecule has 0 bridgehead atoms. The molecular formula is C22H25N7O2S. The third kappa shape index (κ3) is 3.98. The maximum atomic E-state index is 6.12. The smallest absolute Gasteiger partial charge is 0.231 e. The summed E-state index contributed by atoms with van der Waals surface area (Å²) in [5.41, 5.74) is 9.59. The van der Waals surface area contributed by atoms with Gasteiger partial charge in [-0.25, -0.2) is 15.0 Å². The summed E-state index contributed by atoms with van der Waals surface area (Å²) in [6.07, 6.45) is 6.29. The van der Waals surface area contributed by atoms with E-state index in [0.717, 1.165) is 57.8 Å². The number of nitrogen functional groups attached to an aromatic ring is 1. The zero-order valence-corrected chi connectivity index (χ0v) is 18.8. The lowest BCUT2D eigenvalue weighted by molar-refractivity contribution is 0.174. The zero-order chi connectivity index (χ0) is 22.1. The summed E-state index contributed by atoms with van der Waals surface area (Å²) >= 11 is 1.56. The van der Waals surface area contributed by atoms with Crippen LogP contribution in [0.1, 0.15) is 20.3 Å². The molecule has 1 aliphatic rings. The standard InChI is InChI=1S/C22H25N7O2S/c1-13(2)25-5-3-7-29-21-19(20(23)26-11-27-21)28-22(29)32-18-9-17-16(30-12-31-17)8-15(18)14-4-6-24-10-14/h4,6,8-11,13,24-25H,3,5,7,12H2,1-2H3,(H2,23,26,27). The van der Waals surface area contributed by atoms with Gasteiger partial charge in [0.2, 0.25) is 6.79 Å². The minimum Gasteiger partial charge on any atom is -0.454 e. The van der Waals surface area contributed by atoms with Gasteiger partial charge in [-0.1, -0.05) is 25.6 Å². The lowest BCUT2D eigenvalue weighted by Crippen LogP contribution is -2.24. The van der Waals surface area contributed by atoms with E-state index in [0.29, 0.717) is 17.4 Å². The van der Waals surface area contributed by atoms with E-state index in [1.807, 2.05) is 30.6 Å². The summed E-state index contributed by atoms with van der Waals surface area (Å²) in [6.45, 7) is 6.18. The number of anilines is 1. The molecule has 0 atom stereocenters. The van der Waals surface area contributed by atoms with Crippen LogP contribution in [0.25, 0.3) is 22.3 Å². The van der Waals surface area contributed by atoms with Crippen molar-refractivity contribution in [1.29, 1.82) is 0 Å². The van der Waals surface area contributed by atoms with E-state index < -0.39 is 0 Å². The van der Waals surface area contributed by atoms with Crippen LogP contribution >= 0.6 is 11.8 Å². The summed E-state index contributed by atoms with van der Waals surface area (Å²) in [6, 6.07) is 6.50. The van der Waals surface area contributed by atoms with Crippen LogP contribution in [0.5, 0.6) is 11.5 Å². The second-order valence-electron chi connectivity index (χ2n) is 7.84. The molecule has 1 aromatic carbocycles. The minimum absolute atomic E-state index is 0.226. The maximum absolute atomic E-state index is 6.12. The molecule has 0 amide bonds. The Morgan fingerprint density at radius 1 is 1.25 bits per heavy atom. The van der Waals surface area contributed by atoms with Crippen molar-refractivity contribution in [3.8, 4) is 22.6 Å². The van der Waals surface area contributed by atoms with Crippen molar-refractivity contribution in [1.82, 2.24) is 29.8 Å². The van der Waals surface area contributed by atoms with Gasteiger partial charge in [-0.15, -0.1) is 0 Å². The largest absolute Gasteiger partial charge is 0.454 e. The highest BCUT2D eigenvalue weighted by molar-refractivity contribution is 7.99. The molecule has 0 aliphatic carbocycles. The number of nitrogens with two attached hydrogens (primary N) is 1. The van der Waals surface area contributed by atoms with Crippen LogP contribution in [-0.2, 0) is 6.54 Å². The van der Waals surface area contributed by atoms with Crippen LogP contribution in [0, 0.1) is 0 Å². The molecule has 9 nitrogen and oxygen atoms in total. The Bertz CT molecular complexity index is 1240. The molecule has 0 fully saturated rings. The quantitative estimate of drug-likeness (QED) is 0.348. The van der Waals surface area contributed by atoms with Gasteiger partial charge in [-0.3, -0.25) is 0 Å². The average Bonchev–Trinajstić information content (AvgIpc) is 3.51. The van der Waals surface area contributed by atoms with Crippen molar-refractivity contribution in [3.63, 3.8) is 0 Å². The van der Waals surface area contributed by atoms with Crippen molar-refractivity contribution in [2.24, 2.45) is 0 Å².